The van der Waals surface area contributed by atoms with E-state index in [4.69, 9.17) is 5.26 Å². The van der Waals surface area contributed by atoms with Crippen LogP contribution in [0.15, 0.2) is 67.1 Å². The van der Waals surface area contributed by atoms with Crippen LogP contribution in [-0.4, -0.2) is 40.2 Å². The third-order valence-electron chi connectivity index (χ3n) is 6.79. The van der Waals surface area contributed by atoms with Crippen LogP contribution >= 0.6 is 0 Å². The molecular weight excluding hydrogens is 424 g/mol. The molecular formula is C27H24N6O. The van der Waals surface area contributed by atoms with Crippen molar-refractivity contribution in [1.82, 2.24) is 19.4 Å². The molecule has 1 atom stereocenters. The Hall–Kier alpha value is -4.15. The van der Waals surface area contributed by atoms with E-state index >= 15 is 0 Å². The molecule has 4 heterocycles. The minimum Gasteiger partial charge on any atom is -0.340 e. The molecule has 0 unspecified atom stereocenters. The topological polar surface area (TPSA) is 78.9 Å². The molecule has 0 saturated carbocycles. The van der Waals surface area contributed by atoms with Crippen LogP contribution in [0.5, 0.6) is 0 Å². The highest BCUT2D eigenvalue weighted by atomic mass is 16.2. The van der Waals surface area contributed by atoms with E-state index in [1.165, 1.54) is 0 Å². The fraction of sp³-hybridized carbons (Fsp3) is 0.222. The Morgan fingerprint density at radius 1 is 1.15 bits per heavy atom. The highest BCUT2D eigenvalue weighted by molar-refractivity contribution is 5.96. The average molecular weight is 449 g/mol. The Morgan fingerprint density at radius 3 is 2.79 bits per heavy atom. The van der Waals surface area contributed by atoms with E-state index in [1.807, 2.05) is 54.7 Å². The van der Waals surface area contributed by atoms with Gasteiger partial charge in [0.1, 0.15) is 0 Å². The van der Waals surface area contributed by atoms with E-state index in [0.29, 0.717) is 24.4 Å². The van der Waals surface area contributed by atoms with Gasteiger partial charge in [-0.05, 0) is 67.0 Å². The van der Waals surface area contributed by atoms with E-state index in [2.05, 4.69) is 49.9 Å². The van der Waals surface area contributed by atoms with Gasteiger partial charge in [0.2, 0.25) is 5.91 Å². The number of imidazole rings is 1. The zero-order chi connectivity index (χ0) is 23.2. The lowest BCUT2D eigenvalue weighted by atomic mass is 10.1. The maximum Gasteiger partial charge on any atom is 0.227 e. The number of carbonyl (C=O) groups excluding carboxylic acids is 1. The third kappa shape index (κ3) is 3.31. The predicted molar refractivity (Wildman–Crippen MR) is 131 cm³/mol. The van der Waals surface area contributed by atoms with E-state index in [-0.39, 0.29) is 5.91 Å². The summed E-state index contributed by atoms with van der Waals surface area (Å²) in [6.07, 6.45) is 6.53. The summed E-state index contributed by atoms with van der Waals surface area (Å²) in [4.78, 5) is 19.3. The molecule has 2 aliphatic heterocycles. The number of fused-ring (bicyclic) bond motifs is 5. The van der Waals surface area contributed by atoms with Crippen LogP contribution in [0.4, 0.5) is 5.69 Å². The number of rotatable bonds is 4. The van der Waals surface area contributed by atoms with Gasteiger partial charge in [-0.1, -0.05) is 12.1 Å². The van der Waals surface area contributed by atoms with Gasteiger partial charge in [-0.25, -0.2) is 4.98 Å². The maximum atomic E-state index is 12.7. The molecule has 4 aromatic rings. The van der Waals surface area contributed by atoms with Crippen molar-refractivity contribution < 1.29 is 4.79 Å². The first kappa shape index (κ1) is 20.5. The first-order valence-corrected chi connectivity index (χ1v) is 11.5. The summed E-state index contributed by atoms with van der Waals surface area (Å²) in [6, 6.07) is 18.3. The average Bonchev–Trinajstić information content (AvgIpc) is 3.56. The fourth-order valence-corrected chi connectivity index (χ4v) is 5.15. The Morgan fingerprint density at radius 2 is 2.00 bits per heavy atom. The molecule has 2 aliphatic rings. The smallest absolute Gasteiger partial charge is 0.227 e. The number of aromatic nitrogens is 3. The lowest BCUT2D eigenvalue weighted by Crippen LogP contribution is -2.26. The van der Waals surface area contributed by atoms with Gasteiger partial charge >= 0.3 is 0 Å². The van der Waals surface area contributed by atoms with Gasteiger partial charge in [0.25, 0.3) is 0 Å². The van der Waals surface area contributed by atoms with E-state index in [9.17, 15) is 4.79 Å². The molecule has 6 rings (SSSR count). The van der Waals surface area contributed by atoms with Crippen molar-refractivity contribution in [3.8, 4) is 34.4 Å². The molecule has 7 heteroatoms. The van der Waals surface area contributed by atoms with E-state index in [1.54, 1.807) is 0 Å². The second-order valence-electron chi connectivity index (χ2n) is 9.00. The van der Waals surface area contributed by atoms with Crippen LogP contribution < -0.4 is 10.2 Å². The number of benzene rings is 2. The van der Waals surface area contributed by atoms with Gasteiger partial charge in [0.15, 0.2) is 5.82 Å². The van der Waals surface area contributed by atoms with Crippen molar-refractivity contribution in [3.05, 3.63) is 78.2 Å². The van der Waals surface area contributed by atoms with Gasteiger partial charge < -0.3 is 14.8 Å². The van der Waals surface area contributed by atoms with Crippen LogP contribution in [0.1, 0.15) is 17.5 Å². The normalized spacial score (nSPS) is 16.5. The monoisotopic (exact) mass is 448 g/mol. The molecule has 1 saturated heterocycles. The Balaban J connectivity index is 1.40. The predicted octanol–water partition coefficient (Wildman–Crippen LogP) is 3.81. The Kier molecular flexibility index (Phi) is 4.82. The van der Waals surface area contributed by atoms with Crippen molar-refractivity contribution in [2.45, 2.75) is 13.0 Å². The molecule has 0 radical (unpaired) electrons. The highest BCUT2D eigenvalue weighted by Crippen LogP contribution is 2.36. The quantitative estimate of drug-likeness (QED) is 0.453. The number of hydrogen-bond acceptors (Lipinski definition) is 4. The fourth-order valence-electron chi connectivity index (χ4n) is 5.15. The second kappa shape index (κ2) is 8.01. The minimum absolute atomic E-state index is 0.182. The first-order valence-electron chi connectivity index (χ1n) is 11.5. The number of amides is 1. The summed E-state index contributed by atoms with van der Waals surface area (Å²) in [6.45, 7) is 2.27. The van der Waals surface area contributed by atoms with E-state index < -0.39 is 0 Å². The van der Waals surface area contributed by atoms with Gasteiger partial charge in [-0.2, -0.15) is 5.26 Å². The Bertz CT molecular complexity index is 1440. The summed E-state index contributed by atoms with van der Waals surface area (Å²) < 4.78 is 4.34. The van der Waals surface area contributed by atoms with Crippen LogP contribution in [0.3, 0.4) is 0 Å². The zero-order valence-electron chi connectivity index (χ0n) is 18.9. The van der Waals surface area contributed by atoms with Gasteiger partial charge in [-0.3, -0.25) is 9.36 Å². The second-order valence-corrected chi connectivity index (χ2v) is 9.00. The first-order chi connectivity index (χ1) is 16.6. The van der Waals surface area contributed by atoms with Gasteiger partial charge in [0, 0.05) is 49.4 Å². The minimum atomic E-state index is 0.182. The molecule has 2 aromatic heterocycles. The van der Waals surface area contributed by atoms with Crippen molar-refractivity contribution in [3.63, 3.8) is 0 Å². The maximum absolute atomic E-state index is 12.7. The number of nitrogens with one attached hydrogen (secondary N) is 1. The summed E-state index contributed by atoms with van der Waals surface area (Å²) in [5.74, 6) is 1.40. The van der Waals surface area contributed by atoms with Crippen LogP contribution in [0, 0.1) is 17.2 Å². The Labute approximate surface area is 197 Å². The SMILES string of the molecule is CNC[C@H]1CC(=O)N(c2ccc3c(c2)Cn2cc(-c4ccc(C#N)cc4)cc2-c2nccn2-3)C1. The lowest BCUT2D eigenvalue weighted by molar-refractivity contribution is -0.117. The van der Waals surface area contributed by atoms with Gasteiger partial charge in [-0.15, -0.1) is 0 Å². The number of nitriles is 1. The molecule has 1 amide bonds. The number of carbonyl (C=O) groups is 1. The summed E-state index contributed by atoms with van der Waals surface area (Å²) in [7, 11) is 1.93. The molecule has 2 aromatic carbocycles. The molecule has 34 heavy (non-hydrogen) atoms. The largest absolute Gasteiger partial charge is 0.340 e. The van der Waals surface area contributed by atoms with Crippen molar-refractivity contribution in [2.75, 3.05) is 25.0 Å². The molecule has 0 bridgehead atoms. The summed E-state index contributed by atoms with van der Waals surface area (Å²) >= 11 is 0. The molecule has 168 valence electrons. The summed E-state index contributed by atoms with van der Waals surface area (Å²) in [5, 5.41) is 12.3. The number of nitrogens with zero attached hydrogens (tertiary/aromatic N) is 5. The van der Waals surface area contributed by atoms with Crippen molar-refractivity contribution in [1.29, 1.82) is 5.26 Å². The van der Waals surface area contributed by atoms with Crippen molar-refractivity contribution in [2.24, 2.45) is 5.92 Å². The molecule has 0 spiro atoms. The van der Waals surface area contributed by atoms with Crippen LogP contribution in [0.25, 0.3) is 28.3 Å². The van der Waals surface area contributed by atoms with Crippen LogP contribution in [0.2, 0.25) is 0 Å². The molecule has 7 nitrogen and oxygen atoms in total. The lowest BCUT2D eigenvalue weighted by Gasteiger charge is -2.19. The van der Waals surface area contributed by atoms with Gasteiger partial charge in [0.05, 0.1) is 23.0 Å². The molecule has 1 N–H and O–H groups in total. The third-order valence-corrected chi connectivity index (χ3v) is 6.79. The van der Waals surface area contributed by atoms with E-state index in [0.717, 1.165) is 52.7 Å². The molecule has 0 aliphatic carbocycles. The summed E-state index contributed by atoms with van der Waals surface area (Å²) in [5.41, 5.74) is 7.00. The van der Waals surface area contributed by atoms with Crippen LogP contribution in [-0.2, 0) is 11.3 Å². The number of anilines is 1. The number of hydrogen-bond donors (Lipinski definition) is 1. The zero-order valence-corrected chi connectivity index (χ0v) is 18.9. The molecule has 1 fully saturated rings. The van der Waals surface area contributed by atoms with Crippen molar-refractivity contribution >= 4 is 11.6 Å². The highest BCUT2D eigenvalue weighted by Gasteiger charge is 2.31. The standard InChI is InChI=1S/C27H24N6O/c1-29-14-19-10-26(34)33(15-19)23-6-7-24-22(11-23)17-31-16-21(20-4-2-18(13-28)3-5-20)12-25(31)27-30-8-9-32(24)27/h2-9,11-12,16,19,29H,10,14-15,17H2,1H3/t19-/m1/s1.